The van der Waals surface area contributed by atoms with Crippen LogP contribution in [0, 0.1) is 0 Å². The number of nitrogens with one attached hydrogen (secondary N) is 2. The summed E-state index contributed by atoms with van der Waals surface area (Å²) in [5, 5.41) is 14.8. The zero-order valence-electron chi connectivity index (χ0n) is 8.38. The normalized spacial score (nSPS) is 12.2. The van der Waals surface area contributed by atoms with Crippen molar-refractivity contribution in [2.75, 3.05) is 5.32 Å². The van der Waals surface area contributed by atoms with Gasteiger partial charge in [0, 0.05) is 12.6 Å². The van der Waals surface area contributed by atoms with E-state index in [1.54, 1.807) is 12.5 Å². The fourth-order valence-electron chi connectivity index (χ4n) is 1.34. The number of hydrogen-bond acceptors (Lipinski definition) is 4. The molecule has 0 fully saturated rings. The third-order valence-corrected chi connectivity index (χ3v) is 2.90. The minimum absolute atomic E-state index is 0.358. The molecule has 1 atom stereocenters. The Morgan fingerprint density at radius 1 is 1.69 bits per heavy atom. The third kappa shape index (κ3) is 2.60. The van der Waals surface area contributed by atoms with Crippen molar-refractivity contribution in [3.8, 4) is 0 Å². The summed E-state index contributed by atoms with van der Waals surface area (Å²) >= 11 is 1.48. The Labute approximate surface area is 96.2 Å². The largest absolute Gasteiger partial charge is 0.480 e. The Kier molecular flexibility index (Phi) is 3.21. The number of anilines is 1. The van der Waals surface area contributed by atoms with Crippen LogP contribution in [0.3, 0.4) is 0 Å². The van der Waals surface area contributed by atoms with Gasteiger partial charge < -0.3 is 15.4 Å². The standard InChI is InChI=1S/C10H11N3O2S/c14-10(15)8(4-7-5-11-6-12-7)13-9-2-1-3-16-9/h1-3,5-6,8,13H,4H2,(H,11,12)(H,14,15)/t8-/m0/s1. The summed E-state index contributed by atoms with van der Waals surface area (Å²) in [7, 11) is 0. The maximum Gasteiger partial charge on any atom is 0.326 e. The molecule has 0 spiro atoms. The second-order valence-corrected chi connectivity index (χ2v) is 4.22. The van der Waals surface area contributed by atoms with Gasteiger partial charge in [-0.05, 0) is 17.5 Å². The quantitative estimate of drug-likeness (QED) is 0.737. The van der Waals surface area contributed by atoms with Crippen LogP contribution in [-0.4, -0.2) is 27.1 Å². The number of aromatic amines is 1. The lowest BCUT2D eigenvalue weighted by Gasteiger charge is -2.12. The van der Waals surface area contributed by atoms with E-state index in [1.165, 1.54) is 11.3 Å². The molecular weight excluding hydrogens is 226 g/mol. The van der Waals surface area contributed by atoms with Crippen molar-refractivity contribution in [1.82, 2.24) is 9.97 Å². The van der Waals surface area contributed by atoms with Crippen LogP contribution < -0.4 is 5.32 Å². The molecule has 5 nitrogen and oxygen atoms in total. The molecule has 0 amide bonds. The Morgan fingerprint density at radius 2 is 2.56 bits per heavy atom. The Hall–Kier alpha value is -1.82. The second kappa shape index (κ2) is 4.80. The molecule has 2 aromatic heterocycles. The molecule has 0 saturated carbocycles. The maximum atomic E-state index is 11.1. The number of aromatic nitrogens is 2. The lowest BCUT2D eigenvalue weighted by molar-refractivity contribution is -0.137. The van der Waals surface area contributed by atoms with Crippen molar-refractivity contribution in [1.29, 1.82) is 0 Å². The first-order chi connectivity index (χ1) is 7.75. The molecule has 2 heterocycles. The summed E-state index contributed by atoms with van der Waals surface area (Å²) in [6, 6.07) is 3.08. The molecule has 16 heavy (non-hydrogen) atoms. The first kappa shape index (κ1) is 10.7. The highest BCUT2D eigenvalue weighted by atomic mass is 32.1. The van der Waals surface area contributed by atoms with Gasteiger partial charge in [-0.15, -0.1) is 11.3 Å². The van der Waals surface area contributed by atoms with Gasteiger partial charge in [-0.2, -0.15) is 0 Å². The summed E-state index contributed by atoms with van der Waals surface area (Å²) in [6.45, 7) is 0. The van der Waals surface area contributed by atoms with Gasteiger partial charge in [0.2, 0.25) is 0 Å². The predicted molar refractivity (Wildman–Crippen MR) is 61.7 cm³/mol. The highest BCUT2D eigenvalue weighted by molar-refractivity contribution is 7.14. The van der Waals surface area contributed by atoms with Gasteiger partial charge in [0.25, 0.3) is 0 Å². The van der Waals surface area contributed by atoms with Crippen molar-refractivity contribution < 1.29 is 9.90 Å². The van der Waals surface area contributed by atoms with Gasteiger partial charge in [-0.3, -0.25) is 0 Å². The number of hydrogen-bond donors (Lipinski definition) is 3. The van der Waals surface area contributed by atoms with Gasteiger partial charge in [-0.1, -0.05) is 0 Å². The molecule has 0 aliphatic carbocycles. The fraction of sp³-hybridized carbons (Fsp3) is 0.200. The number of aliphatic carboxylic acids is 1. The van der Waals surface area contributed by atoms with E-state index in [-0.39, 0.29) is 0 Å². The average molecular weight is 237 g/mol. The van der Waals surface area contributed by atoms with Crippen molar-refractivity contribution in [2.45, 2.75) is 12.5 Å². The van der Waals surface area contributed by atoms with E-state index < -0.39 is 12.0 Å². The molecule has 0 unspecified atom stereocenters. The molecule has 84 valence electrons. The first-order valence-corrected chi connectivity index (χ1v) is 5.64. The molecule has 0 aliphatic heterocycles. The Balaban J connectivity index is 2.03. The lowest BCUT2D eigenvalue weighted by atomic mass is 10.1. The topological polar surface area (TPSA) is 78.0 Å². The lowest BCUT2D eigenvalue weighted by Crippen LogP contribution is -2.31. The summed E-state index contributed by atoms with van der Waals surface area (Å²) in [4.78, 5) is 17.9. The molecule has 2 aromatic rings. The van der Waals surface area contributed by atoms with E-state index >= 15 is 0 Å². The number of thiophene rings is 1. The van der Waals surface area contributed by atoms with Crippen LogP contribution in [0.1, 0.15) is 5.69 Å². The van der Waals surface area contributed by atoms with Crippen molar-refractivity contribution in [2.24, 2.45) is 0 Å². The Bertz CT molecular complexity index is 402. The summed E-state index contributed by atoms with van der Waals surface area (Å²) < 4.78 is 0. The number of carboxylic acid groups (broad SMARTS) is 1. The zero-order chi connectivity index (χ0) is 11.4. The summed E-state index contributed by atoms with van der Waals surface area (Å²) in [6.07, 6.45) is 3.60. The van der Waals surface area contributed by atoms with Gasteiger partial charge in [0.05, 0.1) is 17.0 Å². The number of rotatable bonds is 5. The minimum atomic E-state index is -0.878. The van der Waals surface area contributed by atoms with Crippen molar-refractivity contribution >= 4 is 22.3 Å². The van der Waals surface area contributed by atoms with Gasteiger partial charge in [0.15, 0.2) is 0 Å². The van der Waals surface area contributed by atoms with Crippen molar-refractivity contribution in [3.63, 3.8) is 0 Å². The van der Waals surface area contributed by atoms with Gasteiger partial charge in [-0.25, -0.2) is 9.78 Å². The fourth-order valence-corrected chi connectivity index (χ4v) is 2.02. The zero-order valence-corrected chi connectivity index (χ0v) is 9.20. The first-order valence-electron chi connectivity index (χ1n) is 4.76. The molecule has 0 bridgehead atoms. The Morgan fingerprint density at radius 3 is 3.12 bits per heavy atom. The number of carbonyl (C=O) groups is 1. The summed E-state index contributed by atoms with van der Waals surface area (Å²) in [5.41, 5.74) is 0.733. The van der Waals surface area contributed by atoms with E-state index in [1.807, 2.05) is 17.5 Å². The van der Waals surface area contributed by atoms with Gasteiger partial charge >= 0.3 is 5.97 Å². The van der Waals surface area contributed by atoms with Gasteiger partial charge in [0.1, 0.15) is 6.04 Å². The van der Waals surface area contributed by atoms with E-state index in [0.29, 0.717) is 6.42 Å². The van der Waals surface area contributed by atoms with Crippen LogP contribution in [0.2, 0.25) is 0 Å². The molecule has 6 heteroatoms. The SMILES string of the molecule is O=C(O)[C@H](Cc1c[nH]cn1)Nc1cccs1. The van der Waals surface area contributed by atoms with Crippen LogP contribution in [-0.2, 0) is 11.2 Å². The number of carboxylic acids is 1. The van der Waals surface area contributed by atoms with Crippen molar-refractivity contribution in [3.05, 3.63) is 35.7 Å². The highest BCUT2D eigenvalue weighted by Gasteiger charge is 2.18. The van der Waals surface area contributed by atoms with E-state index in [0.717, 1.165) is 10.7 Å². The van der Waals surface area contributed by atoms with Crippen LogP contribution in [0.15, 0.2) is 30.0 Å². The molecule has 0 radical (unpaired) electrons. The predicted octanol–water partition coefficient (Wildman–Crippen LogP) is 1.58. The average Bonchev–Trinajstić information content (AvgIpc) is 2.88. The molecule has 0 saturated heterocycles. The van der Waals surface area contributed by atoms with Crippen LogP contribution >= 0.6 is 11.3 Å². The maximum absolute atomic E-state index is 11.1. The van der Waals surface area contributed by atoms with Crippen LogP contribution in [0.4, 0.5) is 5.00 Å². The molecule has 0 aliphatic rings. The molecule has 3 N–H and O–H groups in total. The number of H-pyrrole nitrogens is 1. The van der Waals surface area contributed by atoms with Crippen LogP contribution in [0.5, 0.6) is 0 Å². The third-order valence-electron chi connectivity index (χ3n) is 2.10. The van der Waals surface area contributed by atoms with E-state index in [9.17, 15) is 4.79 Å². The number of imidazole rings is 1. The monoisotopic (exact) mass is 237 g/mol. The second-order valence-electron chi connectivity index (χ2n) is 3.28. The smallest absolute Gasteiger partial charge is 0.326 e. The molecular formula is C10H11N3O2S. The number of nitrogens with zero attached hydrogens (tertiary/aromatic N) is 1. The van der Waals surface area contributed by atoms with E-state index in [2.05, 4.69) is 15.3 Å². The molecule has 0 aromatic carbocycles. The minimum Gasteiger partial charge on any atom is -0.480 e. The molecule has 2 rings (SSSR count). The summed E-state index contributed by atoms with van der Waals surface area (Å²) in [5.74, 6) is -0.878. The van der Waals surface area contributed by atoms with E-state index in [4.69, 9.17) is 5.11 Å². The van der Waals surface area contributed by atoms with Crippen LogP contribution in [0.25, 0.3) is 0 Å². The highest BCUT2D eigenvalue weighted by Crippen LogP contribution is 2.17.